The highest BCUT2D eigenvalue weighted by molar-refractivity contribution is 5.88. The molecule has 2 amide bonds. The van der Waals surface area contributed by atoms with Crippen molar-refractivity contribution in [2.24, 2.45) is 5.92 Å². The Morgan fingerprint density at radius 3 is 2.62 bits per heavy atom. The molecule has 1 fully saturated rings. The zero-order valence-corrected chi connectivity index (χ0v) is 13.6. The van der Waals surface area contributed by atoms with Gasteiger partial charge in [0.25, 0.3) is 0 Å². The van der Waals surface area contributed by atoms with Gasteiger partial charge in [-0.05, 0) is 49.9 Å². The number of halogens is 1. The molecular formula is C17H21FN4O2. The summed E-state index contributed by atoms with van der Waals surface area (Å²) in [5.41, 5.74) is 1.58. The summed E-state index contributed by atoms with van der Waals surface area (Å²) in [4.78, 5) is 14.1. The minimum atomic E-state index is -0.302. The molecule has 2 N–H and O–H groups in total. The zero-order chi connectivity index (χ0) is 17.1. The van der Waals surface area contributed by atoms with E-state index < -0.39 is 0 Å². The fourth-order valence-corrected chi connectivity index (χ4v) is 2.89. The van der Waals surface area contributed by atoms with Gasteiger partial charge < -0.3 is 10.0 Å². The molecule has 1 aromatic heterocycles. The fourth-order valence-electron chi connectivity index (χ4n) is 2.89. The minimum Gasteiger partial charge on any atom is -0.396 e. The molecule has 24 heavy (non-hydrogen) atoms. The van der Waals surface area contributed by atoms with Crippen molar-refractivity contribution in [1.29, 1.82) is 0 Å². The number of benzene rings is 1. The van der Waals surface area contributed by atoms with E-state index in [1.54, 1.807) is 27.8 Å². The van der Waals surface area contributed by atoms with E-state index in [4.69, 9.17) is 5.11 Å². The van der Waals surface area contributed by atoms with Crippen molar-refractivity contribution < 1.29 is 14.3 Å². The van der Waals surface area contributed by atoms with Crippen LogP contribution in [0.5, 0.6) is 0 Å². The van der Waals surface area contributed by atoms with Gasteiger partial charge in [-0.2, -0.15) is 0 Å². The highest BCUT2D eigenvalue weighted by atomic mass is 19.1. The number of anilines is 1. The van der Waals surface area contributed by atoms with Crippen LogP contribution >= 0.6 is 0 Å². The van der Waals surface area contributed by atoms with E-state index in [2.05, 4.69) is 10.4 Å². The molecule has 3 rings (SSSR count). The van der Waals surface area contributed by atoms with E-state index in [9.17, 15) is 9.18 Å². The van der Waals surface area contributed by atoms with Crippen molar-refractivity contribution in [2.45, 2.75) is 19.8 Å². The molecule has 0 atom stereocenters. The van der Waals surface area contributed by atoms with E-state index in [1.807, 2.05) is 6.92 Å². The maximum absolute atomic E-state index is 13.0. The number of hydrogen-bond donors (Lipinski definition) is 2. The van der Waals surface area contributed by atoms with Crippen LogP contribution in [-0.2, 0) is 0 Å². The number of carbonyl (C=O) groups is 1. The quantitative estimate of drug-likeness (QED) is 0.907. The SMILES string of the molecule is Cc1cc(NC(=O)N2CCC(CO)CC2)nn1-c1ccc(F)cc1. The molecular weight excluding hydrogens is 311 g/mol. The molecule has 0 aliphatic carbocycles. The molecule has 128 valence electrons. The molecule has 0 radical (unpaired) electrons. The Labute approximate surface area is 139 Å². The molecule has 2 aromatic rings. The van der Waals surface area contributed by atoms with Gasteiger partial charge in [-0.15, -0.1) is 5.10 Å². The van der Waals surface area contributed by atoms with Crippen molar-refractivity contribution in [3.8, 4) is 5.69 Å². The topological polar surface area (TPSA) is 70.4 Å². The normalized spacial score (nSPS) is 15.5. The molecule has 2 heterocycles. The Kier molecular flexibility index (Phi) is 4.80. The molecule has 0 spiro atoms. The number of piperidine rings is 1. The third-order valence-corrected chi connectivity index (χ3v) is 4.35. The maximum Gasteiger partial charge on any atom is 0.323 e. The summed E-state index contributed by atoms with van der Waals surface area (Å²) >= 11 is 0. The van der Waals surface area contributed by atoms with Gasteiger partial charge in [0.1, 0.15) is 5.82 Å². The van der Waals surface area contributed by atoms with Crippen LogP contribution in [0.2, 0.25) is 0 Å². The highest BCUT2D eigenvalue weighted by Gasteiger charge is 2.22. The lowest BCUT2D eigenvalue weighted by Crippen LogP contribution is -2.41. The van der Waals surface area contributed by atoms with Crippen LogP contribution in [0.15, 0.2) is 30.3 Å². The lowest BCUT2D eigenvalue weighted by atomic mass is 9.98. The van der Waals surface area contributed by atoms with Gasteiger partial charge >= 0.3 is 6.03 Å². The standard InChI is InChI=1S/C17H21FN4O2/c1-12-10-16(20-22(12)15-4-2-14(18)3-5-15)19-17(24)21-8-6-13(11-23)7-9-21/h2-5,10,13,23H,6-9,11H2,1H3,(H,19,20,24). The van der Waals surface area contributed by atoms with Crippen LogP contribution in [0.1, 0.15) is 18.5 Å². The first kappa shape index (κ1) is 16.4. The number of urea groups is 1. The number of carbonyl (C=O) groups excluding carboxylic acids is 1. The molecule has 1 saturated heterocycles. The van der Waals surface area contributed by atoms with E-state index in [0.29, 0.717) is 18.9 Å². The van der Waals surface area contributed by atoms with E-state index in [1.165, 1.54) is 12.1 Å². The first-order chi connectivity index (χ1) is 11.6. The van der Waals surface area contributed by atoms with Crippen LogP contribution in [0, 0.1) is 18.7 Å². The predicted molar refractivity (Wildman–Crippen MR) is 88.7 cm³/mol. The first-order valence-electron chi connectivity index (χ1n) is 8.06. The minimum absolute atomic E-state index is 0.177. The molecule has 1 aromatic carbocycles. The Morgan fingerprint density at radius 2 is 2.00 bits per heavy atom. The van der Waals surface area contributed by atoms with Gasteiger partial charge in [-0.1, -0.05) is 0 Å². The lowest BCUT2D eigenvalue weighted by molar-refractivity contribution is 0.143. The number of nitrogens with one attached hydrogen (secondary N) is 1. The molecule has 7 heteroatoms. The van der Waals surface area contributed by atoms with Gasteiger partial charge in [-0.25, -0.2) is 13.9 Å². The number of aryl methyl sites for hydroxylation is 1. The second-order valence-corrected chi connectivity index (χ2v) is 6.10. The smallest absolute Gasteiger partial charge is 0.323 e. The number of likely N-dealkylation sites (tertiary alicyclic amines) is 1. The van der Waals surface area contributed by atoms with Crippen molar-refractivity contribution in [3.05, 3.63) is 41.8 Å². The lowest BCUT2D eigenvalue weighted by Gasteiger charge is -2.30. The van der Waals surface area contributed by atoms with E-state index >= 15 is 0 Å². The molecule has 0 bridgehead atoms. The third-order valence-electron chi connectivity index (χ3n) is 4.35. The summed E-state index contributed by atoms with van der Waals surface area (Å²) in [5.74, 6) is 0.448. The second kappa shape index (κ2) is 7.00. The largest absolute Gasteiger partial charge is 0.396 e. The van der Waals surface area contributed by atoms with E-state index in [0.717, 1.165) is 24.2 Å². The maximum atomic E-state index is 13.0. The van der Waals surface area contributed by atoms with Crippen LogP contribution in [0.4, 0.5) is 15.0 Å². The zero-order valence-electron chi connectivity index (χ0n) is 13.6. The second-order valence-electron chi connectivity index (χ2n) is 6.10. The average molecular weight is 332 g/mol. The summed E-state index contributed by atoms with van der Waals surface area (Å²) in [7, 11) is 0. The van der Waals surface area contributed by atoms with Crippen molar-refractivity contribution in [1.82, 2.24) is 14.7 Å². The molecule has 0 saturated carbocycles. The Bertz CT molecular complexity index is 706. The number of aromatic nitrogens is 2. The third kappa shape index (κ3) is 3.56. The summed E-state index contributed by atoms with van der Waals surface area (Å²) in [6, 6.07) is 7.62. The average Bonchev–Trinajstić information content (AvgIpc) is 2.96. The van der Waals surface area contributed by atoms with Crippen molar-refractivity contribution in [2.75, 3.05) is 25.0 Å². The Morgan fingerprint density at radius 1 is 1.33 bits per heavy atom. The predicted octanol–water partition coefficient (Wildman–Crippen LogP) is 2.56. The Hall–Kier alpha value is -2.41. The van der Waals surface area contributed by atoms with Gasteiger partial charge in [0.15, 0.2) is 5.82 Å². The van der Waals surface area contributed by atoms with Crippen molar-refractivity contribution in [3.63, 3.8) is 0 Å². The monoisotopic (exact) mass is 332 g/mol. The number of nitrogens with zero attached hydrogens (tertiary/aromatic N) is 3. The van der Waals surface area contributed by atoms with Gasteiger partial charge in [-0.3, -0.25) is 5.32 Å². The van der Waals surface area contributed by atoms with Crippen molar-refractivity contribution >= 4 is 11.8 Å². The number of rotatable bonds is 3. The van der Waals surface area contributed by atoms with Gasteiger partial charge in [0.2, 0.25) is 0 Å². The van der Waals surface area contributed by atoms with E-state index in [-0.39, 0.29) is 24.4 Å². The molecule has 1 aliphatic rings. The molecule has 0 unspecified atom stereocenters. The van der Waals surface area contributed by atoms with Gasteiger partial charge in [0.05, 0.1) is 5.69 Å². The summed E-state index contributed by atoms with van der Waals surface area (Å²) in [6.07, 6.45) is 1.62. The van der Waals surface area contributed by atoms with Crippen LogP contribution in [0.25, 0.3) is 5.69 Å². The highest BCUT2D eigenvalue weighted by Crippen LogP contribution is 2.19. The van der Waals surface area contributed by atoms with Crippen LogP contribution in [0.3, 0.4) is 0 Å². The first-order valence-corrected chi connectivity index (χ1v) is 8.06. The fraction of sp³-hybridized carbons (Fsp3) is 0.412. The summed E-state index contributed by atoms with van der Waals surface area (Å²) < 4.78 is 14.7. The van der Waals surface area contributed by atoms with Crippen LogP contribution in [-0.4, -0.2) is 45.5 Å². The number of amides is 2. The summed E-state index contributed by atoms with van der Waals surface area (Å²) in [6.45, 7) is 3.32. The molecule has 6 nitrogen and oxygen atoms in total. The van der Waals surface area contributed by atoms with Gasteiger partial charge in [0, 0.05) is 31.5 Å². The summed E-state index contributed by atoms with van der Waals surface area (Å²) in [5, 5.41) is 16.3. The number of hydrogen-bond acceptors (Lipinski definition) is 3. The molecule has 1 aliphatic heterocycles. The number of aliphatic hydroxyl groups is 1. The Balaban J connectivity index is 1.67. The number of aliphatic hydroxyl groups excluding tert-OH is 1. The van der Waals surface area contributed by atoms with Crippen LogP contribution < -0.4 is 5.32 Å².